The summed E-state index contributed by atoms with van der Waals surface area (Å²) in [7, 11) is 0. The summed E-state index contributed by atoms with van der Waals surface area (Å²) in [4.78, 5) is 21.8. The van der Waals surface area contributed by atoms with Crippen molar-refractivity contribution >= 4 is 11.8 Å². The molecule has 0 N–H and O–H groups in total. The number of rotatable bonds is 1. The second-order valence-electron chi connectivity index (χ2n) is 2.92. The molecule has 0 saturated carbocycles. The normalized spacial score (nSPS) is 14.7. The summed E-state index contributed by atoms with van der Waals surface area (Å²) in [6.45, 7) is 0. The van der Waals surface area contributed by atoms with Gasteiger partial charge in [-0.2, -0.15) is 0 Å². The first kappa shape index (κ1) is 10.5. The minimum absolute atomic E-state index is 0.0699. The van der Waals surface area contributed by atoms with Crippen LogP contribution in [0.2, 0.25) is 0 Å². The molecular weight excluding hydrogens is 229 g/mol. The monoisotopic (exact) mass is 232 g/mol. The van der Waals surface area contributed by atoms with Crippen LogP contribution in [-0.2, 0) is 4.79 Å². The van der Waals surface area contributed by atoms with Crippen molar-refractivity contribution in [3.05, 3.63) is 23.8 Å². The Bertz CT molecular complexity index is 478. The smallest absolute Gasteiger partial charge is 0.420 e. The fraction of sp³-hybridized carbons (Fsp3) is 0.111. The van der Waals surface area contributed by atoms with E-state index in [4.69, 9.17) is 0 Å². The van der Waals surface area contributed by atoms with E-state index < -0.39 is 23.9 Å². The molecule has 0 unspecified atom stereocenters. The van der Waals surface area contributed by atoms with Crippen molar-refractivity contribution in [2.24, 2.45) is 0 Å². The number of carbonyl (C=O) groups is 2. The van der Waals surface area contributed by atoms with Crippen molar-refractivity contribution < 1.29 is 32.2 Å². The van der Waals surface area contributed by atoms with E-state index >= 15 is 0 Å². The van der Waals surface area contributed by atoms with Gasteiger partial charge in [-0.1, -0.05) is 0 Å². The first-order valence-electron chi connectivity index (χ1n) is 4.03. The zero-order valence-corrected chi connectivity index (χ0v) is 7.50. The largest absolute Gasteiger partial charge is 0.573 e. The predicted molar refractivity (Wildman–Crippen MR) is 43.1 cm³/mol. The van der Waals surface area contributed by atoms with Crippen LogP contribution in [0.4, 0.5) is 13.2 Å². The van der Waals surface area contributed by atoms with Gasteiger partial charge in [0.1, 0.15) is 11.5 Å². The number of Topliss-reactive ketones (excluding diaryl/α,β-unsaturated/α-hetero) is 1. The van der Waals surface area contributed by atoms with Gasteiger partial charge in [0, 0.05) is 6.07 Å². The highest BCUT2D eigenvalue weighted by atomic mass is 19.4. The van der Waals surface area contributed by atoms with E-state index in [1.807, 2.05) is 0 Å². The molecule has 0 atom stereocenters. The fourth-order valence-corrected chi connectivity index (χ4v) is 1.23. The number of esters is 1. The number of carbonyl (C=O) groups excluding carboxylic acids is 2. The molecule has 0 fully saturated rings. The Balaban J connectivity index is 2.32. The molecule has 0 amide bonds. The van der Waals surface area contributed by atoms with E-state index in [0.29, 0.717) is 0 Å². The van der Waals surface area contributed by atoms with Crippen molar-refractivity contribution in [2.75, 3.05) is 0 Å². The summed E-state index contributed by atoms with van der Waals surface area (Å²) in [5, 5.41) is 0. The van der Waals surface area contributed by atoms with E-state index in [1.54, 1.807) is 0 Å². The van der Waals surface area contributed by atoms with Crippen molar-refractivity contribution in [1.29, 1.82) is 0 Å². The summed E-state index contributed by atoms with van der Waals surface area (Å²) < 4.78 is 43.6. The average Bonchev–Trinajstić information content (AvgIpc) is 2.40. The van der Waals surface area contributed by atoms with Crippen LogP contribution >= 0.6 is 0 Å². The third-order valence-corrected chi connectivity index (χ3v) is 1.82. The Morgan fingerprint density at radius 1 is 1.19 bits per heavy atom. The highest BCUT2D eigenvalue weighted by Crippen LogP contribution is 2.32. The summed E-state index contributed by atoms with van der Waals surface area (Å²) in [5.41, 5.74) is -0.0699. The zero-order valence-electron chi connectivity index (χ0n) is 7.50. The van der Waals surface area contributed by atoms with E-state index in [-0.39, 0.29) is 11.3 Å². The minimum Gasteiger partial charge on any atom is -0.420 e. The fourth-order valence-electron chi connectivity index (χ4n) is 1.23. The molecule has 16 heavy (non-hydrogen) atoms. The molecule has 84 valence electrons. The lowest BCUT2D eigenvalue weighted by atomic mass is 10.1. The Morgan fingerprint density at radius 3 is 2.50 bits per heavy atom. The number of benzene rings is 1. The molecule has 7 heteroatoms. The molecule has 1 aliphatic rings. The molecule has 0 aliphatic carbocycles. The summed E-state index contributed by atoms with van der Waals surface area (Å²) >= 11 is 0. The van der Waals surface area contributed by atoms with Crippen LogP contribution in [0, 0.1) is 0 Å². The molecule has 0 bridgehead atoms. The number of alkyl halides is 3. The molecule has 2 rings (SSSR count). The van der Waals surface area contributed by atoms with Crippen LogP contribution in [0.25, 0.3) is 0 Å². The van der Waals surface area contributed by atoms with Gasteiger partial charge in [0.05, 0.1) is 5.56 Å². The van der Waals surface area contributed by atoms with Gasteiger partial charge in [0.2, 0.25) is 0 Å². The van der Waals surface area contributed by atoms with Gasteiger partial charge >= 0.3 is 12.3 Å². The van der Waals surface area contributed by atoms with E-state index in [0.717, 1.165) is 18.2 Å². The average molecular weight is 232 g/mol. The van der Waals surface area contributed by atoms with Crippen LogP contribution in [0.3, 0.4) is 0 Å². The third-order valence-electron chi connectivity index (χ3n) is 1.82. The van der Waals surface area contributed by atoms with Gasteiger partial charge in [0.25, 0.3) is 5.78 Å². The molecule has 1 aliphatic heterocycles. The maximum atomic E-state index is 11.8. The Morgan fingerprint density at radius 2 is 1.88 bits per heavy atom. The number of halogens is 3. The molecule has 1 heterocycles. The molecule has 1 aromatic rings. The number of ketones is 1. The van der Waals surface area contributed by atoms with Crippen LogP contribution in [0.5, 0.6) is 11.5 Å². The van der Waals surface area contributed by atoms with Crippen molar-refractivity contribution in [3.8, 4) is 11.5 Å². The van der Waals surface area contributed by atoms with Crippen LogP contribution in [-0.4, -0.2) is 18.1 Å². The molecule has 0 radical (unpaired) electrons. The van der Waals surface area contributed by atoms with Crippen molar-refractivity contribution in [2.45, 2.75) is 6.36 Å². The minimum atomic E-state index is -4.83. The van der Waals surface area contributed by atoms with E-state index in [9.17, 15) is 22.8 Å². The number of hydrogen-bond donors (Lipinski definition) is 0. The molecular formula is C9H3F3O4. The van der Waals surface area contributed by atoms with Gasteiger partial charge in [-0.05, 0) is 12.1 Å². The zero-order chi connectivity index (χ0) is 11.9. The standard InChI is InChI=1S/C9H3F3O4/c10-9(11,12)16-4-1-2-5-6(3-4)15-8(14)7(5)13/h1-3H. The first-order chi connectivity index (χ1) is 7.37. The lowest BCUT2D eigenvalue weighted by Gasteiger charge is -2.08. The molecule has 0 saturated heterocycles. The lowest BCUT2D eigenvalue weighted by molar-refractivity contribution is -0.274. The van der Waals surface area contributed by atoms with Gasteiger partial charge < -0.3 is 9.47 Å². The number of fused-ring (bicyclic) bond motifs is 1. The highest BCUT2D eigenvalue weighted by molar-refractivity contribution is 6.44. The third kappa shape index (κ3) is 1.83. The number of hydrogen-bond acceptors (Lipinski definition) is 4. The molecule has 1 aromatic carbocycles. The summed E-state index contributed by atoms with van der Waals surface area (Å²) in [6.07, 6.45) is -4.83. The van der Waals surface area contributed by atoms with Crippen molar-refractivity contribution in [3.63, 3.8) is 0 Å². The topological polar surface area (TPSA) is 52.6 Å². The molecule has 4 nitrogen and oxygen atoms in total. The second kappa shape index (κ2) is 3.22. The lowest BCUT2D eigenvalue weighted by Crippen LogP contribution is -2.17. The van der Waals surface area contributed by atoms with Crippen LogP contribution < -0.4 is 9.47 Å². The maximum absolute atomic E-state index is 11.8. The molecule has 0 aromatic heterocycles. The second-order valence-corrected chi connectivity index (χ2v) is 2.92. The van der Waals surface area contributed by atoms with Crippen LogP contribution in [0.1, 0.15) is 10.4 Å². The quantitative estimate of drug-likeness (QED) is 0.420. The summed E-state index contributed by atoms with van der Waals surface area (Å²) in [6, 6.07) is 2.82. The maximum Gasteiger partial charge on any atom is 0.573 e. The van der Waals surface area contributed by atoms with E-state index in [1.165, 1.54) is 0 Å². The van der Waals surface area contributed by atoms with Gasteiger partial charge in [-0.15, -0.1) is 13.2 Å². The SMILES string of the molecule is O=C1Oc2cc(OC(F)(F)F)ccc2C1=O. The van der Waals surface area contributed by atoms with Gasteiger partial charge in [-0.3, -0.25) is 4.79 Å². The van der Waals surface area contributed by atoms with Crippen molar-refractivity contribution in [1.82, 2.24) is 0 Å². The highest BCUT2D eigenvalue weighted by Gasteiger charge is 2.34. The summed E-state index contributed by atoms with van der Waals surface area (Å²) in [5.74, 6) is -2.77. The molecule has 0 spiro atoms. The first-order valence-corrected chi connectivity index (χ1v) is 4.03. The Hall–Kier alpha value is -2.05. The van der Waals surface area contributed by atoms with Gasteiger partial charge in [-0.25, -0.2) is 4.79 Å². The van der Waals surface area contributed by atoms with Crippen LogP contribution in [0.15, 0.2) is 18.2 Å². The van der Waals surface area contributed by atoms with Gasteiger partial charge in [0.15, 0.2) is 0 Å². The Labute approximate surface area is 86.6 Å². The number of ether oxygens (including phenoxy) is 2. The Kier molecular flexibility index (Phi) is 2.11. The predicted octanol–water partition coefficient (Wildman–Crippen LogP) is 1.69. The van der Waals surface area contributed by atoms with E-state index in [2.05, 4.69) is 9.47 Å².